The van der Waals surface area contributed by atoms with E-state index in [0.717, 1.165) is 18.3 Å². The molecule has 1 aromatic heterocycles. The summed E-state index contributed by atoms with van der Waals surface area (Å²) in [5, 5.41) is 9.62. The minimum Gasteiger partial charge on any atom is -0.444 e. The number of rotatable bonds is 2. The average molecular weight is 361 g/mol. The number of aromatic nitrogens is 1. The average Bonchev–Trinajstić information content (AvgIpc) is 2.83. The van der Waals surface area contributed by atoms with Gasteiger partial charge in [0.2, 0.25) is 0 Å². The molecule has 6 nitrogen and oxygen atoms in total. The van der Waals surface area contributed by atoms with Gasteiger partial charge in [0.25, 0.3) is 0 Å². The molecule has 0 aromatic carbocycles. The van der Waals surface area contributed by atoms with Gasteiger partial charge in [0.15, 0.2) is 0 Å². The number of alkyl halides is 3. The van der Waals surface area contributed by atoms with E-state index in [4.69, 9.17) is 10.5 Å². The number of nitrogens with zero attached hydrogens (tertiary/aromatic N) is 2. The maximum absolute atomic E-state index is 12.9. The second kappa shape index (κ2) is 6.45. The monoisotopic (exact) mass is 361 g/mol. The van der Waals surface area contributed by atoms with E-state index in [9.17, 15) is 23.1 Å². The van der Waals surface area contributed by atoms with Gasteiger partial charge in [-0.2, -0.15) is 13.2 Å². The maximum atomic E-state index is 12.9. The van der Waals surface area contributed by atoms with Gasteiger partial charge in [0, 0.05) is 31.8 Å². The van der Waals surface area contributed by atoms with Gasteiger partial charge in [0.05, 0.1) is 16.8 Å². The summed E-state index contributed by atoms with van der Waals surface area (Å²) < 4.78 is 44.1. The van der Waals surface area contributed by atoms with E-state index >= 15 is 0 Å². The third-order valence-corrected chi connectivity index (χ3v) is 4.06. The summed E-state index contributed by atoms with van der Waals surface area (Å²) >= 11 is 0. The van der Waals surface area contributed by atoms with Crippen molar-refractivity contribution in [2.75, 3.05) is 19.7 Å². The zero-order valence-electron chi connectivity index (χ0n) is 14.3. The first-order valence-corrected chi connectivity index (χ1v) is 7.78. The number of nitrogens with two attached hydrogens (primary N) is 1. The number of halogens is 3. The highest BCUT2D eigenvalue weighted by atomic mass is 19.4. The van der Waals surface area contributed by atoms with Crippen molar-refractivity contribution in [2.24, 2.45) is 11.7 Å². The van der Waals surface area contributed by atoms with Crippen molar-refractivity contribution < 1.29 is 27.8 Å². The first kappa shape index (κ1) is 19.5. The van der Waals surface area contributed by atoms with Gasteiger partial charge >= 0.3 is 12.3 Å². The van der Waals surface area contributed by atoms with Crippen molar-refractivity contribution in [3.8, 4) is 0 Å². The first-order chi connectivity index (χ1) is 11.4. The summed E-state index contributed by atoms with van der Waals surface area (Å²) in [5.41, 5.74) is 3.28. The summed E-state index contributed by atoms with van der Waals surface area (Å²) in [6, 6.07) is 1.71. The van der Waals surface area contributed by atoms with Gasteiger partial charge in [-0.25, -0.2) is 4.79 Å². The zero-order valence-corrected chi connectivity index (χ0v) is 14.3. The molecule has 1 aromatic rings. The third kappa shape index (κ3) is 4.21. The molecule has 0 saturated carbocycles. The molecule has 2 heterocycles. The van der Waals surface area contributed by atoms with E-state index in [1.54, 1.807) is 20.8 Å². The van der Waals surface area contributed by atoms with Crippen LogP contribution in [0.5, 0.6) is 0 Å². The van der Waals surface area contributed by atoms with Crippen molar-refractivity contribution in [1.29, 1.82) is 0 Å². The van der Waals surface area contributed by atoms with E-state index < -0.39 is 41.5 Å². The van der Waals surface area contributed by atoms with Crippen LogP contribution in [0.4, 0.5) is 18.0 Å². The van der Waals surface area contributed by atoms with Crippen LogP contribution in [0.3, 0.4) is 0 Å². The van der Waals surface area contributed by atoms with E-state index in [-0.39, 0.29) is 18.8 Å². The number of ether oxygens (including phenoxy) is 1. The number of hydrogen-bond acceptors (Lipinski definition) is 5. The molecule has 0 radical (unpaired) electrons. The molecule has 1 aliphatic heterocycles. The number of hydrogen-bond donors (Lipinski definition) is 2. The minimum absolute atomic E-state index is 0.0209. The molecule has 0 aliphatic carbocycles. The second-order valence-electron chi connectivity index (χ2n) is 7.21. The van der Waals surface area contributed by atoms with Crippen molar-refractivity contribution in [2.45, 2.75) is 38.1 Å². The summed E-state index contributed by atoms with van der Waals surface area (Å²) in [6.07, 6.45) is -4.14. The molecule has 2 atom stereocenters. The van der Waals surface area contributed by atoms with E-state index in [0.29, 0.717) is 0 Å². The Morgan fingerprint density at radius 2 is 2.12 bits per heavy atom. The number of amides is 1. The quantitative estimate of drug-likeness (QED) is 0.842. The fraction of sp³-hybridized carbons (Fsp3) is 0.625. The standard InChI is InChI=1S/C16H22F3N3O3/c1-14(2,3)25-13(24)22-7-11(8-23)15(20,9-22)12-6-10(4-5-21-12)16(17,18)19/h4-6,11,23H,7-9,20H2,1-3H3. The normalized spacial score (nSPS) is 24.5. The number of carbonyl (C=O) groups is 1. The molecular weight excluding hydrogens is 339 g/mol. The molecule has 1 amide bonds. The first-order valence-electron chi connectivity index (χ1n) is 7.78. The Morgan fingerprint density at radius 1 is 1.48 bits per heavy atom. The minimum atomic E-state index is -4.54. The predicted octanol–water partition coefficient (Wildman–Crippen LogP) is 2.11. The third-order valence-electron chi connectivity index (χ3n) is 4.06. The van der Waals surface area contributed by atoms with Gasteiger partial charge < -0.3 is 20.5 Å². The molecular formula is C16H22F3N3O3. The lowest BCUT2D eigenvalue weighted by Gasteiger charge is -2.29. The Labute approximate surface area is 143 Å². The lowest BCUT2D eigenvalue weighted by atomic mass is 9.84. The summed E-state index contributed by atoms with van der Waals surface area (Å²) in [7, 11) is 0. The number of pyridine rings is 1. The van der Waals surface area contributed by atoms with Crippen LogP contribution in [0, 0.1) is 5.92 Å². The van der Waals surface area contributed by atoms with Gasteiger partial charge in [-0.1, -0.05) is 0 Å². The second-order valence-corrected chi connectivity index (χ2v) is 7.21. The fourth-order valence-electron chi connectivity index (χ4n) is 2.78. The van der Waals surface area contributed by atoms with Gasteiger partial charge in [-0.05, 0) is 32.9 Å². The Kier molecular flexibility index (Phi) is 5.02. The highest BCUT2D eigenvalue weighted by Gasteiger charge is 2.48. The molecule has 2 unspecified atom stereocenters. The zero-order chi connectivity index (χ0) is 19.0. The molecule has 9 heteroatoms. The van der Waals surface area contributed by atoms with Gasteiger partial charge in [0.1, 0.15) is 5.60 Å². The largest absolute Gasteiger partial charge is 0.444 e. The van der Waals surface area contributed by atoms with Crippen molar-refractivity contribution in [3.05, 3.63) is 29.6 Å². The molecule has 0 spiro atoms. The lowest BCUT2D eigenvalue weighted by molar-refractivity contribution is -0.137. The van der Waals surface area contributed by atoms with Crippen LogP contribution in [0.25, 0.3) is 0 Å². The Morgan fingerprint density at radius 3 is 2.64 bits per heavy atom. The number of carbonyl (C=O) groups excluding carboxylic acids is 1. The van der Waals surface area contributed by atoms with E-state index in [1.807, 2.05) is 0 Å². The van der Waals surface area contributed by atoms with E-state index in [1.165, 1.54) is 4.90 Å². The van der Waals surface area contributed by atoms with Crippen molar-refractivity contribution in [3.63, 3.8) is 0 Å². The Hall–Kier alpha value is -1.87. The van der Waals surface area contributed by atoms with Crippen LogP contribution >= 0.6 is 0 Å². The Bertz CT molecular complexity index is 645. The van der Waals surface area contributed by atoms with Gasteiger partial charge in [-0.3, -0.25) is 4.98 Å². The summed E-state index contributed by atoms with van der Waals surface area (Å²) in [6.45, 7) is 4.69. The molecule has 140 valence electrons. The molecule has 1 aliphatic rings. The Balaban J connectivity index is 2.31. The SMILES string of the molecule is CC(C)(C)OC(=O)N1CC(CO)C(N)(c2cc(C(F)(F)F)ccn2)C1. The topological polar surface area (TPSA) is 88.7 Å². The highest BCUT2D eigenvalue weighted by molar-refractivity contribution is 5.69. The number of aliphatic hydroxyl groups is 1. The van der Waals surface area contributed by atoms with Crippen molar-refractivity contribution in [1.82, 2.24) is 9.88 Å². The van der Waals surface area contributed by atoms with E-state index in [2.05, 4.69) is 4.98 Å². The lowest BCUT2D eigenvalue weighted by Crippen LogP contribution is -2.47. The van der Waals surface area contributed by atoms with Crippen LogP contribution in [0.2, 0.25) is 0 Å². The highest BCUT2D eigenvalue weighted by Crippen LogP contribution is 2.37. The molecule has 25 heavy (non-hydrogen) atoms. The predicted molar refractivity (Wildman–Crippen MR) is 83.5 cm³/mol. The number of aliphatic hydroxyl groups excluding tert-OH is 1. The number of likely N-dealkylation sites (tertiary alicyclic amines) is 1. The van der Waals surface area contributed by atoms with Crippen molar-refractivity contribution >= 4 is 6.09 Å². The van der Waals surface area contributed by atoms with Crippen LogP contribution < -0.4 is 5.73 Å². The molecule has 2 rings (SSSR count). The van der Waals surface area contributed by atoms with Crippen LogP contribution in [0.1, 0.15) is 32.0 Å². The van der Waals surface area contributed by atoms with Crippen LogP contribution in [-0.4, -0.2) is 46.4 Å². The fourth-order valence-corrected chi connectivity index (χ4v) is 2.78. The maximum Gasteiger partial charge on any atom is 0.416 e. The smallest absolute Gasteiger partial charge is 0.416 e. The van der Waals surface area contributed by atoms with Gasteiger partial charge in [-0.15, -0.1) is 0 Å². The molecule has 1 saturated heterocycles. The summed E-state index contributed by atoms with van der Waals surface area (Å²) in [4.78, 5) is 17.5. The molecule has 3 N–H and O–H groups in total. The van der Waals surface area contributed by atoms with Crippen LogP contribution in [0.15, 0.2) is 18.3 Å². The molecule has 1 fully saturated rings. The summed E-state index contributed by atoms with van der Waals surface area (Å²) in [5.74, 6) is -0.656. The molecule has 0 bridgehead atoms. The van der Waals surface area contributed by atoms with Crippen LogP contribution in [-0.2, 0) is 16.5 Å².